The zero-order chi connectivity index (χ0) is 13.7. The average molecular weight is 260 g/mol. The highest BCUT2D eigenvalue weighted by Crippen LogP contribution is 2.26. The Labute approximate surface area is 113 Å². The fraction of sp³-hybridized carbons (Fsp3) is 0.467. The number of hydrogen-bond donors (Lipinski definition) is 1. The summed E-state index contributed by atoms with van der Waals surface area (Å²) >= 11 is 0. The van der Waals surface area contributed by atoms with E-state index in [1.165, 1.54) is 0 Å². The maximum atomic E-state index is 12.1. The first-order valence-electron chi connectivity index (χ1n) is 6.87. The normalized spacial score (nSPS) is 14.8. The van der Waals surface area contributed by atoms with Gasteiger partial charge in [0.25, 0.3) is 0 Å². The van der Waals surface area contributed by atoms with Gasteiger partial charge in [0.2, 0.25) is 11.8 Å². The number of aryl methyl sites for hydroxylation is 1. The van der Waals surface area contributed by atoms with Crippen molar-refractivity contribution in [3.05, 3.63) is 29.8 Å². The van der Waals surface area contributed by atoms with Crippen LogP contribution in [-0.4, -0.2) is 24.9 Å². The second kappa shape index (κ2) is 6.36. The van der Waals surface area contributed by atoms with Gasteiger partial charge in [0.05, 0.1) is 0 Å². The van der Waals surface area contributed by atoms with Crippen LogP contribution in [0.4, 0.5) is 5.69 Å². The van der Waals surface area contributed by atoms with Gasteiger partial charge in [-0.2, -0.15) is 0 Å². The minimum Gasteiger partial charge on any atom is -0.355 e. The number of carbonyl (C=O) groups is 2. The monoisotopic (exact) mass is 260 g/mol. The fourth-order valence-electron chi connectivity index (χ4n) is 2.32. The summed E-state index contributed by atoms with van der Waals surface area (Å²) in [5.74, 6) is -0.0523. The van der Waals surface area contributed by atoms with E-state index in [-0.39, 0.29) is 18.4 Å². The highest BCUT2D eigenvalue weighted by atomic mass is 16.2. The summed E-state index contributed by atoms with van der Waals surface area (Å²) in [6, 6.07) is 7.84. The standard InChI is InChI=1S/C15H20N2O2/c1-2-10-16-14(18)11-17-13-8-4-3-6-12(13)7-5-9-15(17)19/h3-4,6,8H,2,5,7,9-11H2,1H3,(H,16,18). The van der Waals surface area contributed by atoms with Crippen molar-refractivity contribution in [3.63, 3.8) is 0 Å². The number of carbonyl (C=O) groups excluding carboxylic acids is 2. The van der Waals surface area contributed by atoms with Crippen molar-refractivity contribution in [2.45, 2.75) is 32.6 Å². The zero-order valence-electron chi connectivity index (χ0n) is 11.3. The summed E-state index contributed by atoms with van der Waals surface area (Å²) in [6.07, 6.45) is 3.16. The molecule has 1 aromatic rings. The number of fused-ring (bicyclic) bond motifs is 1. The van der Waals surface area contributed by atoms with Crippen molar-refractivity contribution in [2.24, 2.45) is 0 Å². The third-order valence-corrected chi connectivity index (χ3v) is 3.29. The number of nitrogens with zero attached hydrogens (tertiary/aromatic N) is 1. The molecule has 0 atom stereocenters. The predicted octanol–water partition coefficient (Wildman–Crippen LogP) is 1.88. The Morgan fingerprint density at radius 1 is 1.32 bits per heavy atom. The third kappa shape index (κ3) is 3.34. The number of hydrogen-bond acceptors (Lipinski definition) is 2. The number of para-hydroxylation sites is 1. The number of rotatable bonds is 4. The minimum atomic E-state index is -0.0908. The van der Waals surface area contributed by atoms with E-state index in [0.29, 0.717) is 13.0 Å². The molecule has 19 heavy (non-hydrogen) atoms. The van der Waals surface area contributed by atoms with Crippen LogP contribution in [0.1, 0.15) is 31.7 Å². The Morgan fingerprint density at radius 3 is 2.89 bits per heavy atom. The SMILES string of the molecule is CCCNC(=O)CN1C(=O)CCCc2ccccc21. The molecular weight excluding hydrogens is 240 g/mol. The average Bonchev–Trinajstić information content (AvgIpc) is 2.57. The van der Waals surface area contributed by atoms with Crippen LogP contribution in [0.2, 0.25) is 0 Å². The van der Waals surface area contributed by atoms with E-state index in [2.05, 4.69) is 5.32 Å². The predicted molar refractivity (Wildman–Crippen MR) is 75.0 cm³/mol. The Morgan fingerprint density at radius 2 is 2.11 bits per heavy atom. The second-order valence-corrected chi connectivity index (χ2v) is 4.81. The topological polar surface area (TPSA) is 49.4 Å². The molecule has 1 heterocycles. The van der Waals surface area contributed by atoms with E-state index in [1.807, 2.05) is 31.2 Å². The summed E-state index contributed by atoms with van der Waals surface area (Å²) < 4.78 is 0. The number of benzene rings is 1. The molecule has 0 spiro atoms. The molecule has 4 heteroatoms. The second-order valence-electron chi connectivity index (χ2n) is 4.81. The molecule has 0 saturated carbocycles. The van der Waals surface area contributed by atoms with Crippen LogP contribution >= 0.6 is 0 Å². The van der Waals surface area contributed by atoms with E-state index in [4.69, 9.17) is 0 Å². The Kier molecular flexibility index (Phi) is 4.55. The molecule has 1 aromatic carbocycles. The van der Waals surface area contributed by atoms with Gasteiger partial charge < -0.3 is 10.2 Å². The molecule has 1 aliphatic rings. The summed E-state index contributed by atoms with van der Waals surface area (Å²) in [5, 5.41) is 2.82. The highest BCUT2D eigenvalue weighted by molar-refractivity contribution is 5.99. The molecule has 0 bridgehead atoms. The van der Waals surface area contributed by atoms with Gasteiger partial charge in [-0.25, -0.2) is 0 Å². The van der Waals surface area contributed by atoms with Gasteiger partial charge in [-0.3, -0.25) is 9.59 Å². The molecular formula is C15H20N2O2. The maximum Gasteiger partial charge on any atom is 0.240 e. The molecule has 0 aromatic heterocycles. The molecule has 4 nitrogen and oxygen atoms in total. The van der Waals surface area contributed by atoms with Crippen molar-refractivity contribution in [1.82, 2.24) is 5.32 Å². The van der Waals surface area contributed by atoms with Gasteiger partial charge in [0.1, 0.15) is 6.54 Å². The molecule has 0 fully saturated rings. The molecule has 0 radical (unpaired) electrons. The smallest absolute Gasteiger partial charge is 0.240 e. The molecule has 0 saturated heterocycles. The van der Waals surface area contributed by atoms with Gasteiger partial charge in [-0.05, 0) is 30.9 Å². The summed E-state index contributed by atoms with van der Waals surface area (Å²) in [7, 11) is 0. The molecule has 2 rings (SSSR count). The van der Waals surface area contributed by atoms with Crippen molar-refractivity contribution >= 4 is 17.5 Å². The Hall–Kier alpha value is -1.84. The van der Waals surface area contributed by atoms with Gasteiger partial charge in [-0.15, -0.1) is 0 Å². The van der Waals surface area contributed by atoms with E-state index in [1.54, 1.807) is 4.90 Å². The van der Waals surface area contributed by atoms with Crippen LogP contribution in [0, 0.1) is 0 Å². The van der Waals surface area contributed by atoms with Gasteiger partial charge in [-0.1, -0.05) is 25.1 Å². The maximum absolute atomic E-state index is 12.1. The fourth-order valence-corrected chi connectivity index (χ4v) is 2.32. The van der Waals surface area contributed by atoms with Crippen molar-refractivity contribution in [1.29, 1.82) is 0 Å². The van der Waals surface area contributed by atoms with Gasteiger partial charge in [0.15, 0.2) is 0 Å². The zero-order valence-corrected chi connectivity index (χ0v) is 11.3. The lowest BCUT2D eigenvalue weighted by Gasteiger charge is -2.22. The van der Waals surface area contributed by atoms with Crippen LogP contribution < -0.4 is 10.2 Å². The molecule has 2 amide bonds. The first-order valence-corrected chi connectivity index (χ1v) is 6.87. The Balaban J connectivity index is 2.17. The summed E-state index contributed by atoms with van der Waals surface area (Å²) in [6.45, 7) is 2.78. The third-order valence-electron chi connectivity index (χ3n) is 3.29. The Bertz CT molecular complexity index is 471. The first-order chi connectivity index (χ1) is 9.22. The van der Waals surface area contributed by atoms with Gasteiger partial charge >= 0.3 is 0 Å². The summed E-state index contributed by atoms with van der Waals surface area (Å²) in [4.78, 5) is 25.6. The number of nitrogens with one attached hydrogen (secondary N) is 1. The van der Waals surface area contributed by atoms with Crippen molar-refractivity contribution < 1.29 is 9.59 Å². The van der Waals surface area contributed by atoms with E-state index in [0.717, 1.165) is 30.5 Å². The van der Waals surface area contributed by atoms with Crippen LogP contribution in [0.25, 0.3) is 0 Å². The van der Waals surface area contributed by atoms with E-state index in [9.17, 15) is 9.59 Å². The molecule has 1 N–H and O–H groups in total. The van der Waals surface area contributed by atoms with Crippen LogP contribution in [0.15, 0.2) is 24.3 Å². The van der Waals surface area contributed by atoms with Crippen LogP contribution in [-0.2, 0) is 16.0 Å². The van der Waals surface area contributed by atoms with E-state index < -0.39 is 0 Å². The number of anilines is 1. The summed E-state index contributed by atoms with van der Waals surface area (Å²) in [5.41, 5.74) is 2.04. The van der Waals surface area contributed by atoms with Crippen molar-refractivity contribution in [2.75, 3.05) is 18.0 Å². The first kappa shape index (κ1) is 13.6. The lowest BCUT2D eigenvalue weighted by Crippen LogP contribution is -2.40. The highest BCUT2D eigenvalue weighted by Gasteiger charge is 2.23. The van der Waals surface area contributed by atoms with Crippen molar-refractivity contribution in [3.8, 4) is 0 Å². The largest absolute Gasteiger partial charge is 0.355 e. The lowest BCUT2D eigenvalue weighted by atomic mass is 10.1. The van der Waals surface area contributed by atoms with Gasteiger partial charge in [0, 0.05) is 18.7 Å². The number of amides is 2. The van der Waals surface area contributed by atoms with Crippen LogP contribution in [0.3, 0.4) is 0 Å². The molecule has 0 unspecified atom stereocenters. The van der Waals surface area contributed by atoms with Crippen LogP contribution in [0.5, 0.6) is 0 Å². The molecule has 102 valence electrons. The van der Waals surface area contributed by atoms with E-state index >= 15 is 0 Å². The molecule has 1 aliphatic heterocycles. The lowest BCUT2D eigenvalue weighted by molar-refractivity contribution is -0.123. The minimum absolute atomic E-state index is 0.0385. The quantitative estimate of drug-likeness (QED) is 0.898. The molecule has 0 aliphatic carbocycles.